The van der Waals surface area contributed by atoms with Crippen molar-refractivity contribution in [3.63, 3.8) is 0 Å². The molecular formula is C11H15BrN2O3S. The van der Waals surface area contributed by atoms with Crippen molar-refractivity contribution in [2.24, 2.45) is 0 Å². The van der Waals surface area contributed by atoms with Crippen molar-refractivity contribution in [2.45, 2.75) is 6.92 Å². The molecule has 0 aliphatic carbocycles. The van der Waals surface area contributed by atoms with Gasteiger partial charge in [-0.3, -0.25) is 4.79 Å². The van der Waals surface area contributed by atoms with Crippen molar-refractivity contribution in [3.05, 3.63) is 28.7 Å². The predicted octanol–water partition coefficient (Wildman–Crippen LogP) is 1.35. The van der Waals surface area contributed by atoms with Crippen LogP contribution < -0.4 is 9.62 Å². The number of nitrogens with zero attached hydrogens (tertiary/aromatic N) is 1. The number of carbonyl (C=O) groups excluding carboxylic acids is 1. The second-order valence-electron chi connectivity index (χ2n) is 3.79. The fraction of sp³-hybridized carbons (Fsp3) is 0.364. The first-order valence-corrected chi connectivity index (χ1v) is 7.97. The van der Waals surface area contributed by atoms with Gasteiger partial charge >= 0.3 is 0 Å². The highest BCUT2D eigenvalue weighted by atomic mass is 79.9. The molecule has 0 radical (unpaired) electrons. The summed E-state index contributed by atoms with van der Waals surface area (Å²) in [4.78, 5) is 13.1. The first-order valence-electron chi connectivity index (χ1n) is 5.28. The zero-order valence-electron chi connectivity index (χ0n) is 10.2. The van der Waals surface area contributed by atoms with Crippen molar-refractivity contribution in [1.29, 1.82) is 0 Å². The van der Waals surface area contributed by atoms with Crippen LogP contribution in [0.25, 0.3) is 0 Å². The lowest BCUT2D eigenvalue weighted by Crippen LogP contribution is -2.37. The summed E-state index contributed by atoms with van der Waals surface area (Å²) in [5, 5.41) is 0. The number of rotatable bonds is 5. The van der Waals surface area contributed by atoms with Crippen molar-refractivity contribution in [2.75, 3.05) is 24.2 Å². The van der Waals surface area contributed by atoms with E-state index in [4.69, 9.17) is 0 Å². The van der Waals surface area contributed by atoms with Crippen LogP contribution in [0.1, 0.15) is 6.92 Å². The van der Waals surface area contributed by atoms with Gasteiger partial charge in [0, 0.05) is 24.5 Å². The highest BCUT2D eigenvalue weighted by molar-refractivity contribution is 9.10. The van der Waals surface area contributed by atoms with Crippen molar-refractivity contribution >= 4 is 37.5 Å². The number of sulfonamides is 1. The third-order valence-electron chi connectivity index (χ3n) is 2.22. The number of hydrogen-bond acceptors (Lipinski definition) is 3. The Labute approximate surface area is 115 Å². The predicted molar refractivity (Wildman–Crippen MR) is 75.0 cm³/mol. The van der Waals surface area contributed by atoms with E-state index in [1.165, 1.54) is 11.8 Å². The van der Waals surface area contributed by atoms with E-state index in [9.17, 15) is 13.2 Å². The lowest BCUT2D eigenvalue weighted by molar-refractivity contribution is -0.116. The smallest absolute Gasteiger partial charge is 0.223 e. The third-order valence-corrected chi connectivity index (χ3v) is 3.62. The Bertz CT molecular complexity index is 531. The SMILES string of the molecule is CC(=O)N(CCNS(C)(=O)=O)c1ccccc1Br. The molecule has 5 nitrogen and oxygen atoms in total. The van der Waals surface area contributed by atoms with E-state index in [2.05, 4.69) is 20.7 Å². The van der Waals surface area contributed by atoms with Crippen molar-refractivity contribution in [3.8, 4) is 0 Å². The highest BCUT2D eigenvalue weighted by Gasteiger charge is 2.14. The zero-order chi connectivity index (χ0) is 13.8. The molecule has 0 fully saturated rings. The Morgan fingerprint density at radius 2 is 2.00 bits per heavy atom. The van der Waals surface area contributed by atoms with Crippen LogP contribution in [0, 0.1) is 0 Å². The molecule has 1 aromatic rings. The molecular weight excluding hydrogens is 320 g/mol. The van der Waals surface area contributed by atoms with Crippen LogP contribution in [-0.2, 0) is 14.8 Å². The number of benzene rings is 1. The van der Waals surface area contributed by atoms with E-state index in [-0.39, 0.29) is 19.0 Å². The summed E-state index contributed by atoms with van der Waals surface area (Å²) in [5.74, 6) is -0.141. The van der Waals surface area contributed by atoms with Crippen LogP contribution in [-0.4, -0.2) is 33.7 Å². The van der Waals surface area contributed by atoms with Gasteiger partial charge in [-0.2, -0.15) is 0 Å². The van der Waals surface area contributed by atoms with Crippen LogP contribution in [0.5, 0.6) is 0 Å². The summed E-state index contributed by atoms with van der Waals surface area (Å²) in [6.07, 6.45) is 1.09. The lowest BCUT2D eigenvalue weighted by Gasteiger charge is -2.22. The molecule has 0 aliphatic heterocycles. The number of carbonyl (C=O) groups is 1. The van der Waals surface area contributed by atoms with E-state index in [1.807, 2.05) is 18.2 Å². The first-order chi connectivity index (χ1) is 8.31. The first kappa shape index (κ1) is 15.1. The van der Waals surface area contributed by atoms with Gasteiger partial charge in [-0.1, -0.05) is 12.1 Å². The molecule has 0 bridgehead atoms. The normalized spacial score (nSPS) is 11.3. The molecule has 0 heterocycles. The molecule has 0 atom stereocenters. The standard InChI is InChI=1S/C11H15BrN2O3S/c1-9(15)14(8-7-13-18(2,16)17)11-6-4-3-5-10(11)12/h3-6,13H,7-8H2,1-2H3. The molecule has 100 valence electrons. The zero-order valence-corrected chi connectivity index (χ0v) is 12.6. The number of amides is 1. The molecule has 0 saturated heterocycles. The number of nitrogens with one attached hydrogen (secondary N) is 1. The second-order valence-corrected chi connectivity index (χ2v) is 6.48. The van der Waals surface area contributed by atoms with Crippen molar-refractivity contribution < 1.29 is 13.2 Å². The van der Waals surface area contributed by atoms with Gasteiger partial charge in [-0.05, 0) is 28.1 Å². The average Bonchev–Trinajstić information content (AvgIpc) is 2.24. The maximum absolute atomic E-state index is 11.6. The molecule has 0 spiro atoms. The van der Waals surface area contributed by atoms with Gasteiger partial charge in [-0.25, -0.2) is 13.1 Å². The number of para-hydroxylation sites is 1. The Morgan fingerprint density at radius 1 is 1.39 bits per heavy atom. The van der Waals surface area contributed by atoms with E-state index >= 15 is 0 Å². The molecule has 0 aromatic heterocycles. The number of halogens is 1. The summed E-state index contributed by atoms with van der Waals surface area (Å²) >= 11 is 3.36. The molecule has 18 heavy (non-hydrogen) atoms. The van der Waals surface area contributed by atoms with Gasteiger partial charge in [0.15, 0.2) is 0 Å². The molecule has 0 unspecified atom stereocenters. The Kier molecular flexibility index (Phi) is 5.30. The lowest BCUT2D eigenvalue weighted by atomic mass is 10.3. The molecule has 1 amide bonds. The molecule has 1 rings (SSSR count). The molecule has 0 aliphatic rings. The van der Waals surface area contributed by atoms with Gasteiger partial charge < -0.3 is 4.90 Å². The summed E-state index contributed by atoms with van der Waals surface area (Å²) in [6.45, 7) is 1.91. The van der Waals surface area contributed by atoms with E-state index in [0.717, 1.165) is 16.4 Å². The van der Waals surface area contributed by atoms with Gasteiger partial charge in [-0.15, -0.1) is 0 Å². The van der Waals surface area contributed by atoms with Gasteiger partial charge in [0.05, 0.1) is 11.9 Å². The maximum atomic E-state index is 11.6. The Hall–Kier alpha value is -0.920. The topological polar surface area (TPSA) is 66.5 Å². The molecule has 7 heteroatoms. The van der Waals surface area contributed by atoms with Gasteiger partial charge in [0.25, 0.3) is 0 Å². The largest absolute Gasteiger partial charge is 0.310 e. The van der Waals surface area contributed by atoms with E-state index in [0.29, 0.717) is 0 Å². The molecule has 1 aromatic carbocycles. The quantitative estimate of drug-likeness (QED) is 0.883. The summed E-state index contributed by atoms with van der Waals surface area (Å²) in [6, 6.07) is 7.29. The highest BCUT2D eigenvalue weighted by Crippen LogP contribution is 2.25. The molecule has 0 saturated carbocycles. The molecule has 1 N–H and O–H groups in total. The van der Waals surface area contributed by atoms with Crippen LogP contribution in [0.3, 0.4) is 0 Å². The maximum Gasteiger partial charge on any atom is 0.223 e. The fourth-order valence-corrected chi connectivity index (χ4v) is 2.42. The summed E-state index contributed by atoms with van der Waals surface area (Å²) < 4.78 is 25.1. The summed E-state index contributed by atoms with van der Waals surface area (Å²) in [5.41, 5.74) is 0.723. The third kappa shape index (κ3) is 4.75. The van der Waals surface area contributed by atoms with Gasteiger partial charge in [0.2, 0.25) is 15.9 Å². The number of anilines is 1. The minimum absolute atomic E-state index is 0.141. The average molecular weight is 335 g/mol. The van der Waals surface area contributed by atoms with Crippen LogP contribution in [0.15, 0.2) is 28.7 Å². The van der Waals surface area contributed by atoms with Crippen LogP contribution >= 0.6 is 15.9 Å². The number of hydrogen-bond donors (Lipinski definition) is 1. The van der Waals surface area contributed by atoms with Gasteiger partial charge in [0.1, 0.15) is 0 Å². The van der Waals surface area contributed by atoms with E-state index < -0.39 is 10.0 Å². The van der Waals surface area contributed by atoms with Crippen molar-refractivity contribution in [1.82, 2.24) is 4.72 Å². The minimum atomic E-state index is -3.24. The minimum Gasteiger partial charge on any atom is -0.310 e. The van der Waals surface area contributed by atoms with Crippen LogP contribution in [0.4, 0.5) is 5.69 Å². The Balaban J connectivity index is 2.79. The van der Waals surface area contributed by atoms with Crippen LogP contribution in [0.2, 0.25) is 0 Å². The Morgan fingerprint density at radius 3 is 2.50 bits per heavy atom. The summed E-state index contributed by atoms with van der Waals surface area (Å²) in [7, 11) is -3.24. The monoisotopic (exact) mass is 334 g/mol. The van der Waals surface area contributed by atoms with E-state index in [1.54, 1.807) is 6.07 Å². The second kappa shape index (κ2) is 6.31. The fourth-order valence-electron chi connectivity index (χ4n) is 1.46.